The van der Waals surface area contributed by atoms with Gasteiger partial charge in [0.2, 0.25) is 0 Å². The third-order valence-electron chi connectivity index (χ3n) is 5.66. The first-order chi connectivity index (χ1) is 19.2. The van der Waals surface area contributed by atoms with Crippen molar-refractivity contribution in [1.29, 1.82) is 0 Å². The van der Waals surface area contributed by atoms with Crippen LogP contribution in [0.5, 0.6) is 11.5 Å². The van der Waals surface area contributed by atoms with Gasteiger partial charge in [0.05, 0.1) is 35.9 Å². The number of nitro groups is 1. The van der Waals surface area contributed by atoms with E-state index in [1.165, 1.54) is 62.9 Å². The predicted octanol–water partition coefficient (Wildman–Crippen LogP) is 4.22. The normalized spacial score (nSPS) is 11.2. The van der Waals surface area contributed by atoms with Gasteiger partial charge < -0.3 is 13.9 Å². The van der Waals surface area contributed by atoms with E-state index in [4.69, 9.17) is 13.9 Å². The maximum atomic E-state index is 13.6. The molecule has 0 atom stereocenters. The van der Waals surface area contributed by atoms with Gasteiger partial charge in [-0.2, -0.15) is 5.10 Å². The molecule has 0 saturated heterocycles. The molecular formula is C27H24N4O8S. The number of ether oxygens (including phenoxy) is 2. The molecule has 0 unspecified atom stereocenters. The number of nitrogens with one attached hydrogen (secondary N) is 1. The molecule has 0 bridgehead atoms. The Hall–Kier alpha value is -5.17. The highest BCUT2D eigenvalue weighted by Gasteiger charge is 2.29. The lowest BCUT2D eigenvalue weighted by atomic mass is 10.1. The van der Waals surface area contributed by atoms with Gasteiger partial charge in [0.1, 0.15) is 29.6 Å². The molecule has 12 nitrogen and oxygen atoms in total. The first kappa shape index (κ1) is 27.9. The number of nitrogens with zero attached hydrogens (tertiary/aromatic N) is 3. The van der Waals surface area contributed by atoms with Gasteiger partial charge in [-0.3, -0.25) is 19.2 Å². The molecule has 1 aromatic heterocycles. The zero-order valence-electron chi connectivity index (χ0n) is 21.4. The van der Waals surface area contributed by atoms with Crippen molar-refractivity contribution in [3.8, 4) is 22.8 Å². The lowest BCUT2D eigenvalue weighted by molar-refractivity contribution is -0.384. The SMILES string of the molecule is COc1ccc(S(=O)(=O)N(CC(=O)N/N=C\c2ccc(-c3ccc([N+](=O)[O-])cc3)o2)c2ccccc2OC)cc1. The second-order valence-electron chi connectivity index (χ2n) is 8.16. The lowest BCUT2D eigenvalue weighted by Gasteiger charge is -2.25. The molecule has 3 aromatic carbocycles. The number of carbonyl (C=O) groups excluding carboxylic acids is 1. The summed E-state index contributed by atoms with van der Waals surface area (Å²) in [6.45, 7) is -0.599. The van der Waals surface area contributed by atoms with E-state index in [0.717, 1.165) is 4.31 Å². The number of nitro benzene ring substituents is 1. The predicted molar refractivity (Wildman–Crippen MR) is 147 cm³/mol. The molecule has 1 N–H and O–H groups in total. The quantitative estimate of drug-likeness (QED) is 0.161. The van der Waals surface area contributed by atoms with Crippen LogP contribution in [0.3, 0.4) is 0 Å². The Balaban J connectivity index is 1.51. The molecule has 13 heteroatoms. The van der Waals surface area contributed by atoms with E-state index < -0.39 is 27.4 Å². The van der Waals surface area contributed by atoms with Gasteiger partial charge in [-0.25, -0.2) is 13.8 Å². The number of hydrogen-bond acceptors (Lipinski definition) is 9. The van der Waals surface area contributed by atoms with Crippen LogP contribution in [0, 0.1) is 10.1 Å². The molecule has 40 heavy (non-hydrogen) atoms. The van der Waals surface area contributed by atoms with Crippen molar-refractivity contribution >= 4 is 33.5 Å². The number of amides is 1. The van der Waals surface area contributed by atoms with Gasteiger partial charge in [-0.05, 0) is 60.7 Å². The van der Waals surface area contributed by atoms with Gasteiger partial charge in [-0.15, -0.1) is 0 Å². The molecule has 0 saturated carbocycles. The number of non-ortho nitro benzene ring substituents is 1. The van der Waals surface area contributed by atoms with Crippen LogP contribution < -0.4 is 19.2 Å². The van der Waals surface area contributed by atoms with Crippen molar-refractivity contribution in [2.75, 3.05) is 25.1 Å². The number of methoxy groups -OCH3 is 2. The van der Waals surface area contributed by atoms with Crippen molar-refractivity contribution in [2.24, 2.45) is 5.10 Å². The standard InChI is InChI=1S/C27H24N4O8S/c1-37-21-11-14-23(15-12-21)40(35,36)30(24-5-3-4-6-26(24)38-2)18-27(32)29-28-17-22-13-16-25(39-22)19-7-9-20(10-8-19)31(33)34/h3-17H,18H2,1-2H3,(H,29,32)/b28-17-. The van der Waals surface area contributed by atoms with Gasteiger partial charge in [-0.1, -0.05) is 12.1 Å². The van der Waals surface area contributed by atoms with E-state index in [1.807, 2.05) is 0 Å². The van der Waals surface area contributed by atoms with Crippen molar-refractivity contribution in [3.63, 3.8) is 0 Å². The molecule has 1 heterocycles. The van der Waals surface area contributed by atoms with E-state index in [2.05, 4.69) is 10.5 Å². The molecule has 0 spiro atoms. The third-order valence-corrected chi connectivity index (χ3v) is 7.43. The Morgan fingerprint density at radius 3 is 2.35 bits per heavy atom. The van der Waals surface area contributed by atoms with Crippen molar-refractivity contribution < 1.29 is 32.0 Å². The topological polar surface area (TPSA) is 154 Å². The summed E-state index contributed by atoms with van der Waals surface area (Å²) < 4.78 is 44.2. The van der Waals surface area contributed by atoms with E-state index in [1.54, 1.807) is 42.5 Å². The second-order valence-corrected chi connectivity index (χ2v) is 10.0. The number of sulfonamides is 1. The van der Waals surface area contributed by atoms with Crippen LogP contribution in [-0.4, -0.2) is 46.2 Å². The summed E-state index contributed by atoms with van der Waals surface area (Å²) in [4.78, 5) is 23.1. The van der Waals surface area contributed by atoms with Crippen LogP contribution in [0.25, 0.3) is 11.3 Å². The minimum Gasteiger partial charge on any atom is -0.497 e. The largest absolute Gasteiger partial charge is 0.497 e. The molecule has 0 radical (unpaired) electrons. The fourth-order valence-electron chi connectivity index (χ4n) is 3.67. The van der Waals surface area contributed by atoms with Crippen LogP contribution in [-0.2, 0) is 14.8 Å². The zero-order valence-corrected chi connectivity index (χ0v) is 22.2. The Morgan fingerprint density at radius 1 is 1.00 bits per heavy atom. The summed E-state index contributed by atoms with van der Waals surface area (Å²) in [6.07, 6.45) is 1.25. The van der Waals surface area contributed by atoms with Crippen LogP contribution in [0.15, 0.2) is 99.3 Å². The molecule has 0 aliphatic carbocycles. The van der Waals surface area contributed by atoms with Crippen molar-refractivity contribution in [2.45, 2.75) is 4.90 Å². The van der Waals surface area contributed by atoms with Crippen molar-refractivity contribution in [3.05, 3.63) is 101 Å². The first-order valence-corrected chi connectivity index (χ1v) is 13.1. The van der Waals surface area contributed by atoms with Crippen LogP contribution in [0.1, 0.15) is 5.76 Å². The third kappa shape index (κ3) is 6.27. The molecule has 0 fully saturated rings. The van der Waals surface area contributed by atoms with Crippen LogP contribution in [0.4, 0.5) is 11.4 Å². The average molecular weight is 565 g/mol. The number of rotatable bonds is 11. The number of furan rings is 1. The molecule has 4 rings (SSSR count). The van der Waals surface area contributed by atoms with Gasteiger partial charge in [0.25, 0.3) is 21.6 Å². The average Bonchev–Trinajstić information content (AvgIpc) is 3.45. The molecule has 0 aliphatic rings. The summed E-state index contributed by atoms with van der Waals surface area (Å²) in [5.74, 6) is 0.743. The highest BCUT2D eigenvalue weighted by molar-refractivity contribution is 7.92. The number of para-hydroxylation sites is 2. The van der Waals surface area contributed by atoms with E-state index >= 15 is 0 Å². The summed E-state index contributed by atoms with van der Waals surface area (Å²) >= 11 is 0. The molecular weight excluding hydrogens is 540 g/mol. The van der Waals surface area contributed by atoms with Gasteiger partial charge in [0, 0.05) is 17.7 Å². The fraction of sp³-hybridized carbons (Fsp3) is 0.111. The minimum atomic E-state index is -4.20. The molecule has 4 aromatic rings. The van der Waals surface area contributed by atoms with E-state index in [0.29, 0.717) is 22.8 Å². The number of carbonyl (C=O) groups is 1. The highest BCUT2D eigenvalue weighted by atomic mass is 32.2. The van der Waals surface area contributed by atoms with Crippen LogP contribution >= 0.6 is 0 Å². The minimum absolute atomic E-state index is 0.0454. The summed E-state index contributed by atoms with van der Waals surface area (Å²) in [5, 5.41) is 14.7. The smallest absolute Gasteiger partial charge is 0.269 e. The Labute approximate surface area is 229 Å². The zero-order chi connectivity index (χ0) is 28.7. The van der Waals surface area contributed by atoms with E-state index in [-0.39, 0.29) is 22.0 Å². The van der Waals surface area contributed by atoms with E-state index in [9.17, 15) is 23.3 Å². The first-order valence-electron chi connectivity index (χ1n) is 11.7. The lowest BCUT2D eigenvalue weighted by Crippen LogP contribution is -2.39. The molecule has 0 aliphatic heterocycles. The van der Waals surface area contributed by atoms with Crippen LogP contribution in [0.2, 0.25) is 0 Å². The summed E-state index contributed by atoms with van der Waals surface area (Å²) in [7, 11) is -1.33. The number of hydrazone groups is 1. The van der Waals surface area contributed by atoms with Gasteiger partial charge in [0.15, 0.2) is 0 Å². The molecule has 1 amide bonds. The Kier molecular flexibility index (Phi) is 8.45. The number of benzene rings is 3. The Morgan fingerprint density at radius 2 is 1.70 bits per heavy atom. The highest BCUT2D eigenvalue weighted by Crippen LogP contribution is 2.32. The maximum Gasteiger partial charge on any atom is 0.269 e. The maximum absolute atomic E-state index is 13.6. The second kappa shape index (κ2) is 12.1. The number of anilines is 1. The van der Waals surface area contributed by atoms with Crippen molar-refractivity contribution in [1.82, 2.24) is 5.43 Å². The fourth-order valence-corrected chi connectivity index (χ4v) is 5.10. The summed E-state index contributed by atoms with van der Waals surface area (Å²) in [5.41, 5.74) is 3.04. The Bertz CT molecular complexity index is 1630. The summed E-state index contributed by atoms with van der Waals surface area (Å²) in [6, 6.07) is 21.3. The molecule has 206 valence electrons. The van der Waals surface area contributed by atoms with Gasteiger partial charge >= 0.3 is 0 Å². The monoisotopic (exact) mass is 564 g/mol. The number of hydrogen-bond donors (Lipinski definition) is 1.